The first-order valence-electron chi connectivity index (χ1n) is 11.4. The van der Waals surface area contributed by atoms with Crippen molar-refractivity contribution in [2.45, 2.75) is 12.5 Å². The number of benzene rings is 2. The molecule has 0 bridgehead atoms. The lowest BCUT2D eigenvalue weighted by Gasteiger charge is -2.19. The van der Waals surface area contributed by atoms with Crippen molar-refractivity contribution in [2.75, 3.05) is 0 Å². The number of aromatic nitrogens is 1. The van der Waals surface area contributed by atoms with Crippen LogP contribution < -0.4 is 5.56 Å². The van der Waals surface area contributed by atoms with E-state index in [1.807, 2.05) is 66.0 Å². The van der Waals surface area contributed by atoms with Crippen molar-refractivity contribution in [3.05, 3.63) is 116 Å². The van der Waals surface area contributed by atoms with Crippen molar-refractivity contribution < 1.29 is 9.21 Å². The second-order valence-electron chi connectivity index (χ2n) is 8.55. The lowest BCUT2D eigenvalue weighted by molar-refractivity contribution is 0.0698. The Morgan fingerprint density at radius 1 is 1.03 bits per heavy atom. The second kappa shape index (κ2) is 8.93. The third kappa shape index (κ3) is 3.68. The average Bonchev–Trinajstić information content (AvgIpc) is 3.68. The Labute approximate surface area is 215 Å². The van der Waals surface area contributed by atoms with E-state index >= 15 is 0 Å². The number of furan rings is 1. The molecule has 178 valence electrons. The van der Waals surface area contributed by atoms with Crippen molar-refractivity contribution in [1.29, 1.82) is 0 Å². The van der Waals surface area contributed by atoms with Gasteiger partial charge < -0.3 is 8.98 Å². The maximum absolute atomic E-state index is 13.9. The molecule has 0 spiro atoms. The van der Waals surface area contributed by atoms with Gasteiger partial charge in [0.15, 0.2) is 0 Å². The molecule has 6 nitrogen and oxygen atoms in total. The van der Waals surface area contributed by atoms with Crippen molar-refractivity contribution in [2.24, 2.45) is 12.1 Å². The normalized spacial score (nSPS) is 15.4. The van der Waals surface area contributed by atoms with E-state index in [9.17, 15) is 9.59 Å². The van der Waals surface area contributed by atoms with Crippen molar-refractivity contribution in [3.63, 3.8) is 0 Å². The number of pyridine rings is 1. The van der Waals surface area contributed by atoms with Gasteiger partial charge in [-0.25, -0.2) is 5.01 Å². The van der Waals surface area contributed by atoms with E-state index in [0.29, 0.717) is 33.4 Å². The van der Waals surface area contributed by atoms with Crippen LogP contribution in [0.5, 0.6) is 0 Å². The SMILES string of the molecule is Cn1c(=O)c(C2=NN(C(=O)c3cccs3)[C@@H](c3ccco3)C2)c(-c2ccc(Cl)cc2)c2ccccc21. The van der Waals surface area contributed by atoms with Crippen LogP contribution in [0.4, 0.5) is 0 Å². The van der Waals surface area contributed by atoms with E-state index in [1.165, 1.54) is 16.3 Å². The van der Waals surface area contributed by atoms with E-state index < -0.39 is 6.04 Å². The topological polar surface area (TPSA) is 67.8 Å². The van der Waals surface area contributed by atoms with Crippen molar-refractivity contribution in [1.82, 2.24) is 9.58 Å². The highest BCUT2D eigenvalue weighted by atomic mass is 35.5. The maximum atomic E-state index is 13.9. The molecule has 5 aromatic rings. The van der Waals surface area contributed by atoms with Gasteiger partial charge in [0.1, 0.15) is 11.8 Å². The molecule has 1 aliphatic rings. The summed E-state index contributed by atoms with van der Waals surface area (Å²) in [5.41, 5.74) is 3.26. The van der Waals surface area contributed by atoms with Gasteiger partial charge in [-0.15, -0.1) is 11.3 Å². The number of aryl methyl sites for hydroxylation is 1. The van der Waals surface area contributed by atoms with Gasteiger partial charge >= 0.3 is 0 Å². The Morgan fingerprint density at radius 3 is 2.56 bits per heavy atom. The third-order valence-corrected chi connectivity index (χ3v) is 7.56. The second-order valence-corrected chi connectivity index (χ2v) is 9.93. The van der Waals surface area contributed by atoms with Crippen molar-refractivity contribution in [3.8, 4) is 11.1 Å². The number of halogens is 1. The Hall–Kier alpha value is -3.94. The molecule has 0 radical (unpaired) electrons. The Morgan fingerprint density at radius 2 is 1.83 bits per heavy atom. The summed E-state index contributed by atoms with van der Waals surface area (Å²) in [6.07, 6.45) is 1.92. The van der Waals surface area contributed by atoms with Gasteiger partial charge in [-0.05, 0) is 47.3 Å². The predicted octanol–water partition coefficient (Wildman–Crippen LogP) is 6.50. The fourth-order valence-corrected chi connectivity index (χ4v) is 5.53. The molecule has 1 atom stereocenters. The number of nitrogens with zero attached hydrogens (tertiary/aromatic N) is 3. The Bertz CT molecular complexity index is 1670. The van der Waals surface area contributed by atoms with Gasteiger partial charge in [-0.2, -0.15) is 5.10 Å². The zero-order valence-corrected chi connectivity index (χ0v) is 20.8. The zero-order valence-electron chi connectivity index (χ0n) is 19.2. The molecular formula is C28H20ClN3O3S. The lowest BCUT2D eigenvalue weighted by Crippen LogP contribution is -2.26. The van der Waals surface area contributed by atoms with Crippen LogP contribution in [0.25, 0.3) is 22.0 Å². The number of carbonyl (C=O) groups is 1. The predicted molar refractivity (Wildman–Crippen MR) is 143 cm³/mol. The number of rotatable bonds is 4. The van der Waals surface area contributed by atoms with E-state index in [2.05, 4.69) is 0 Å². The number of thiophene rings is 1. The summed E-state index contributed by atoms with van der Waals surface area (Å²) in [6.45, 7) is 0. The van der Waals surface area contributed by atoms with Gasteiger partial charge in [-0.3, -0.25) is 9.59 Å². The van der Waals surface area contributed by atoms with E-state index in [1.54, 1.807) is 30.0 Å². The van der Waals surface area contributed by atoms with Crippen LogP contribution in [-0.4, -0.2) is 21.2 Å². The van der Waals surface area contributed by atoms with E-state index in [0.717, 1.165) is 22.0 Å². The molecule has 0 saturated carbocycles. The van der Waals surface area contributed by atoms with Gasteiger partial charge in [0.2, 0.25) is 0 Å². The summed E-state index contributed by atoms with van der Waals surface area (Å²) < 4.78 is 7.33. The molecule has 1 aliphatic heterocycles. The number of hydrogen-bond donors (Lipinski definition) is 0. The number of hydrazone groups is 1. The molecule has 8 heteroatoms. The molecule has 6 rings (SSSR count). The summed E-state index contributed by atoms with van der Waals surface area (Å²) in [7, 11) is 1.76. The van der Waals surface area contributed by atoms with Crippen LogP contribution in [0.2, 0.25) is 5.02 Å². The first kappa shape index (κ1) is 22.5. The number of carbonyl (C=O) groups excluding carboxylic acids is 1. The molecule has 0 N–H and O–H groups in total. The molecule has 3 aromatic heterocycles. The summed E-state index contributed by atoms with van der Waals surface area (Å²) in [5.74, 6) is 0.386. The van der Waals surface area contributed by atoms with E-state index in [-0.39, 0.29) is 11.5 Å². The van der Waals surface area contributed by atoms with Crippen LogP contribution in [0.1, 0.15) is 33.5 Å². The van der Waals surface area contributed by atoms with Gasteiger partial charge in [0.05, 0.1) is 27.9 Å². The van der Waals surface area contributed by atoms with Crippen LogP contribution in [-0.2, 0) is 7.05 Å². The number of para-hydroxylation sites is 1. The Balaban J connectivity index is 1.60. The molecule has 0 saturated heterocycles. The van der Waals surface area contributed by atoms with Gasteiger partial charge in [0, 0.05) is 29.4 Å². The minimum atomic E-state index is -0.459. The number of amides is 1. The first-order valence-corrected chi connectivity index (χ1v) is 12.6. The van der Waals surface area contributed by atoms with Crippen LogP contribution in [0.3, 0.4) is 0 Å². The zero-order chi connectivity index (χ0) is 24.8. The fourth-order valence-electron chi connectivity index (χ4n) is 4.74. The molecule has 0 unspecified atom stereocenters. The fraction of sp³-hybridized carbons (Fsp3) is 0.107. The van der Waals surface area contributed by atoms with Crippen LogP contribution in [0.15, 0.2) is 98.8 Å². The minimum Gasteiger partial charge on any atom is -0.467 e. The highest BCUT2D eigenvalue weighted by molar-refractivity contribution is 7.12. The molecule has 4 heterocycles. The Kier molecular flexibility index (Phi) is 5.59. The van der Waals surface area contributed by atoms with E-state index in [4.69, 9.17) is 21.1 Å². The smallest absolute Gasteiger partial charge is 0.284 e. The molecule has 0 aliphatic carbocycles. The standard InChI is InChI=1S/C28H20ClN3O3S/c1-31-21-7-3-2-6-19(21)25(17-10-12-18(29)13-11-17)26(28(31)34)20-16-22(23-8-4-14-35-23)32(30-20)27(33)24-9-5-15-36-24/h2-15,22H,16H2,1H3/t22-/m1/s1. The average molecular weight is 514 g/mol. The maximum Gasteiger partial charge on any atom is 0.284 e. The molecular weight excluding hydrogens is 494 g/mol. The van der Waals surface area contributed by atoms with Crippen molar-refractivity contribution >= 4 is 45.5 Å². The van der Waals surface area contributed by atoms with Gasteiger partial charge in [0.25, 0.3) is 11.5 Å². The highest BCUT2D eigenvalue weighted by Crippen LogP contribution is 2.38. The summed E-state index contributed by atoms with van der Waals surface area (Å²) in [6, 6.07) is 22.0. The summed E-state index contributed by atoms with van der Waals surface area (Å²) in [4.78, 5) is 27.9. The molecule has 36 heavy (non-hydrogen) atoms. The first-order chi connectivity index (χ1) is 17.5. The quantitative estimate of drug-likeness (QED) is 0.275. The van der Waals surface area contributed by atoms with Crippen LogP contribution >= 0.6 is 22.9 Å². The monoisotopic (exact) mass is 513 g/mol. The molecule has 0 fully saturated rings. The van der Waals surface area contributed by atoms with Gasteiger partial charge in [-0.1, -0.05) is 48.0 Å². The highest BCUT2D eigenvalue weighted by Gasteiger charge is 2.37. The lowest BCUT2D eigenvalue weighted by atomic mass is 9.91. The summed E-state index contributed by atoms with van der Waals surface area (Å²) in [5, 5.41) is 9.59. The molecule has 2 aromatic carbocycles. The third-order valence-electron chi connectivity index (χ3n) is 6.45. The number of fused-ring (bicyclic) bond motifs is 1. The van der Waals surface area contributed by atoms with Crippen LogP contribution in [0, 0.1) is 0 Å². The summed E-state index contributed by atoms with van der Waals surface area (Å²) >= 11 is 7.53. The minimum absolute atomic E-state index is 0.180. The number of hydrogen-bond acceptors (Lipinski definition) is 5. The molecule has 1 amide bonds. The largest absolute Gasteiger partial charge is 0.467 e.